The predicted molar refractivity (Wildman–Crippen MR) is 148 cm³/mol. The second kappa shape index (κ2) is 11.8. The number of nitrogens with two attached hydrogens (primary N) is 1. The van der Waals surface area contributed by atoms with Gasteiger partial charge in [0, 0.05) is 49.5 Å². The molecule has 2 fully saturated rings. The number of nitrogens with zero attached hydrogens (tertiary/aromatic N) is 3. The maximum Gasteiger partial charge on any atom is 0.0600 e. The summed E-state index contributed by atoms with van der Waals surface area (Å²) in [7, 11) is 6.50. The number of hydrogen-bond donors (Lipinski definition) is 2. The summed E-state index contributed by atoms with van der Waals surface area (Å²) in [6.07, 6.45) is 9.93. The minimum absolute atomic E-state index is 0.139. The number of nitrogens with one attached hydrogen (secondary N) is 1. The van der Waals surface area contributed by atoms with E-state index >= 15 is 0 Å². The highest BCUT2D eigenvalue weighted by Crippen LogP contribution is 2.46. The van der Waals surface area contributed by atoms with Crippen molar-refractivity contribution in [1.29, 1.82) is 0 Å². The Balaban J connectivity index is 2.24. The van der Waals surface area contributed by atoms with Crippen LogP contribution in [0.2, 0.25) is 0 Å². The van der Waals surface area contributed by atoms with Crippen LogP contribution in [-0.2, 0) is 0 Å². The highest BCUT2D eigenvalue weighted by molar-refractivity contribution is 5.41. The molecule has 5 nitrogen and oxygen atoms in total. The van der Waals surface area contributed by atoms with E-state index < -0.39 is 0 Å². The van der Waals surface area contributed by atoms with Crippen molar-refractivity contribution in [3.8, 4) is 0 Å². The van der Waals surface area contributed by atoms with Gasteiger partial charge in [-0.25, -0.2) is 0 Å². The first-order valence-corrected chi connectivity index (χ1v) is 12.8. The molecule has 190 valence electrons. The van der Waals surface area contributed by atoms with E-state index in [1.165, 1.54) is 41.0 Å². The van der Waals surface area contributed by atoms with Crippen molar-refractivity contribution >= 4 is 0 Å². The molecule has 0 bridgehead atoms. The Morgan fingerprint density at radius 2 is 1.82 bits per heavy atom. The fourth-order valence-corrected chi connectivity index (χ4v) is 4.73. The minimum Gasteiger partial charge on any atom is -0.400 e. The molecule has 5 heteroatoms. The van der Waals surface area contributed by atoms with E-state index in [4.69, 9.17) is 5.73 Å². The molecule has 0 aromatic heterocycles. The number of rotatable bonds is 11. The third-order valence-corrected chi connectivity index (χ3v) is 7.37. The Kier molecular flexibility index (Phi) is 9.69. The molecular formula is C29H49N5. The van der Waals surface area contributed by atoms with Crippen molar-refractivity contribution in [3.63, 3.8) is 0 Å². The molecule has 3 N–H and O–H groups in total. The van der Waals surface area contributed by atoms with Crippen LogP contribution in [0.15, 0.2) is 70.5 Å². The number of piperidine rings is 1. The summed E-state index contributed by atoms with van der Waals surface area (Å²) in [6.45, 7) is 22.4. The quantitative estimate of drug-likeness (QED) is 0.393. The fraction of sp³-hybridized carbons (Fsp3) is 0.586. The summed E-state index contributed by atoms with van der Waals surface area (Å²) in [5, 5.41) is 3.42. The lowest BCUT2D eigenvalue weighted by molar-refractivity contribution is 0.255. The molecule has 0 aromatic rings. The van der Waals surface area contributed by atoms with Crippen LogP contribution in [0.3, 0.4) is 0 Å². The van der Waals surface area contributed by atoms with Gasteiger partial charge in [-0.05, 0) is 91.1 Å². The molecular weight excluding hydrogens is 418 g/mol. The number of likely N-dealkylation sites (N-methyl/N-ethyl adjacent to an activating group) is 3. The van der Waals surface area contributed by atoms with Gasteiger partial charge in [-0.2, -0.15) is 0 Å². The van der Waals surface area contributed by atoms with Gasteiger partial charge in [-0.1, -0.05) is 31.7 Å². The zero-order valence-electron chi connectivity index (χ0n) is 23.1. The van der Waals surface area contributed by atoms with Gasteiger partial charge in [-0.15, -0.1) is 0 Å². The van der Waals surface area contributed by atoms with Gasteiger partial charge < -0.3 is 20.9 Å². The van der Waals surface area contributed by atoms with E-state index in [0.29, 0.717) is 0 Å². The van der Waals surface area contributed by atoms with Crippen molar-refractivity contribution in [2.24, 2.45) is 5.73 Å². The molecule has 0 spiro atoms. The molecule has 2 aliphatic rings. The van der Waals surface area contributed by atoms with E-state index in [-0.39, 0.29) is 5.54 Å². The minimum atomic E-state index is 0.139. The lowest BCUT2D eigenvalue weighted by Gasteiger charge is -2.35. The zero-order chi connectivity index (χ0) is 25.6. The molecule has 1 heterocycles. The molecule has 1 aliphatic carbocycles. The molecule has 0 unspecified atom stereocenters. The summed E-state index contributed by atoms with van der Waals surface area (Å²) >= 11 is 0. The smallest absolute Gasteiger partial charge is 0.0600 e. The van der Waals surface area contributed by atoms with Gasteiger partial charge in [0.25, 0.3) is 0 Å². The van der Waals surface area contributed by atoms with Gasteiger partial charge in [0.1, 0.15) is 0 Å². The molecule has 1 saturated carbocycles. The highest BCUT2D eigenvalue weighted by Gasteiger charge is 2.48. The second-order valence-electron chi connectivity index (χ2n) is 10.2. The van der Waals surface area contributed by atoms with Crippen molar-refractivity contribution in [2.45, 2.75) is 72.3 Å². The van der Waals surface area contributed by atoms with E-state index in [1.807, 2.05) is 0 Å². The van der Waals surface area contributed by atoms with Gasteiger partial charge in [0.2, 0.25) is 0 Å². The first-order chi connectivity index (χ1) is 16.0. The third-order valence-electron chi connectivity index (χ3n) is 7.37. The summed E-state index contributed by atoms with van der Waals surface area (Å²) < 4.78 is 0. The first kappa shape index (κ1) is 27.8. The van der Waals surface area contributed by atoms with Crippen LogP contribution in [0.1, 0.15) is 66.7 Å². The summed E-state index contributed by atoms with van der Waals surface area (Å²) in [5.74, 6) is 0. The monoisotopic (exact) mass is 467 g/mol. The van der Waals surface area contributed by atoms with Crippen LogP contribution in [0.5, 0.6) is 0 Å². The summed E-state index contributed by atoms with van der Waals surface area (Å²) in [6, 6.07) is 0. The average molecular weight is 468 g/mol. The summed E-state index contributed by atoms with van der Waals surface area (Å²) in [5.41, 5.74) is 15.8. The topological polar surface area (TPSA) is 47.8 Å². The fourth-order valence-electron chi connectivity index (χ4n) is 4.73. The van der Waals surface area contributed by atoms with E-state index in [9.17, 15) is 0 Å². The lowest BCUT2D eigenvalue weighted by Crippen LogP contribution is -2.39. The maximum atomic E-state index is 6.27. The van der Waals surface area contributed by atoms with Gasteiger partial charge >= 0.3 is 0 Å². The van der Waals surface area contributed by atoms with Crippen LogP contribution in [0.25, 0.3) is 0 Å². The van der Waals surface area contributed by atoms with E-state index in [0.717, 1.165) is 56.0 Å². The zero-order valence-corrected chi connectivity index (χ0v) is 23.1. The summed E-state index contributed by atoms with van der Waals surface area (Å²) in [4.78, 5) is 7.00. The number of allylic oxidation sites excluding steroid dienone is 5. The van der Waals surface area contributed by atoms with Crippen LogP contribution in [0, 0.1) is 0 Å². The van der Waals surface area contributed by atoms with Crippen molar-refractivity contribution in [2.75, 3.05) is 40.8 Å². The molecule has 0 amide bonds. The first-order valence-electron chi connectivity index (χ1n) is 12.8. The predicted octanol–water partition coefficient (Wildman–Crippen LogP) is 5.49. The van der Waals surface area contributed by atoms with E-state index in [2.05, 4.69) is 101 Å². The molecule has 1 aliphatic heterocycles. The van der Waals surface area contributed by atoms with Crippen LogP contribution in [0.4, 0.5) is 0 Å². The normalized spacial score (nSPS) is 19.8. The Bertz CT molecular complexity index is 891. The van der Waals surface area contributed by atoms with Crippen molar-refractivity contribution in [1.82, 2.24) is 20.0 Å². The molecule has 0 atom stereocenters. The molecule has 34 heavy (non-hydrogen) atoms. The van der Waals surface area contributed by atoms with Crippen molar-refractivity contribution < 1.29 is 0 Å². The van der Waals surface area contributed by atoms with Crippen molar-refractivity contribution in [3.05, 3.63) is 70.5 Å². The second-order valence-corrected chi connectivity index (χ2v) is 10.2. The van der Waals surface area contributed by atoms with Crippen LogP contribution < -0.4 is 11.1 Å². The third kappa shape index (κ3) is 6.38. The Morgan fingerprint density at radius 3 is 2.32 bits per heavy atom. The van der Waals surface area contributed by atoms with Gasteiger partial charge in [-0.3, -0.25) is 4.90 Å². The average Bonchev–Trinajstić information content (AvgIpc) is 3.60. The molecule has 0 aromatic carbocycles. The maximum absolute atomic E-state index is 6.27. The highest BCUT2D eigenvalue weighted by atomic mass is 15.3. The SMILES string of the molecule is C=C1/C(=C\C(CN(C)C(=C)C2(N(C)C)CC2)=C(C)C)CCCN1/C(C)=C/C(NCC)=C(/N)CC. The van der Waals surface area contributed by atoms with E-state index in [1.54, 1.807) is 0 Å². The van der Waals surface area contributed by atoms with Gasteiger partial charge in [0.15, 0.2) is 0 Å². The number of hydrogen-bond acceptors (Lipinski definition) is 5. The van der Waals surface area contributed by atoms with Gasteiger partial charge in [0.05, 0.1) is 11.2 Å². The molecule has 2 rings (SSSR count). The lowest BCUT2D eigenvalue weighted by atomic mass is 9.96. The molecule has 0 radical (unpaired) electrons. The Labute approximate surface area is 209 Å². The largest absolute Gasteiger partial charge is 0.400 e. The van der Waals surface area contributed by atoms with Crippen LogP contribution >= 0.6 is 0 Å². The van der Waals surface area contributed by atoms with Crippen LogP contribution in [-0.4, -0.2) is 61.0 Å². The Morgan fingerprint density at radius 1 is 1.18 bits per heavy atom. The molecule has 1 saturated heterocycles. The standard InChI is InChI=1S/C29H49N5/c1-11-27(30)28(31-12-2)18-22(5)34-17-13-14-25(23(34)6)19-26(21(3)4)20-33(10)24(7)29(15-16-29)32(8)9/h18-19,31H,6-7,11-17,20,30H2,1-5,8-10H3/b22-18+,25-19-,28-27-. The number of likely N-dealkylation sites (tertiary alicyclic amines) is 1. The Hall–Kier alpha value is -2.40.